The van der Waals surface area contributed by atoms with E-state index in [-0.39, 0.29) is 11.0 Å². The molecule has 6 heteroatoms. The van der Waals surface area contributed by atoms with Crippen LogP contribution in [0, 0.1) is 22.7 Å². The van der Waals surface area contributed by atoms with Crippen LogP contribution in [0.3, 0.4) is 0 Å². The summed E-state index contributed by atoms with van der Waals surface area (Å²) in [5.41, 5.74) is 8.16. The molecule has 0 amide bonds. The Balaban J connectivity index is 1.22. The number of benzene rings is 2. The molecule has 3 aromatic heterocycles. The molecule has 0 unspecified atom stereocenters. The Kier molecular flexibility index (Phi) is 9.63. The number of fused-ring (bicyclic) bond motifs is 2. The molecule has 1 aliphatic carbocycles. The number of nitrogens with zero attached hydrogens (tertiary/aromatic N) is 3. The van der Waals surface area contributed by atoms with Crippen LogP contribution in [0.5, 0.6) is 0 Å². The Morgan fingerprint density at radius 1 is 0.720 bits per heavy atom. The van der Waals surface area contributed by atoms with E-state index < -0.39 is 0 Å². The van der Waals surface area contributed by atoms with Crippen molar-refractivity contribution in [3.63, 3.8) is 0 Å². The van der Waals surface area contributed by atoms with Gasteiger partial charge in [-0.1, -0.05) is 88.6 Å². The van der Waals surface area contributed by atoms with E-state index in [1.807, 2.05) is 34.8 Å². The van der Waals surface area contributed by atoms with Gasteiger partial charge in [0, 0.05) is 58.7 Å². The van der Waals surface area contributed by atoms with Crippen LogP contribution in [-0.4, -0.2) is 7.05 Å². The fourth-order valence-electron chi connectivity index (χ4n) is 7.24. The minimum absolute atomic E-state index is 0.125. The number of unbranched alkanes of at least 4 members (excludes halogenated alkanes) is 3. The van der Waals surface area contributed by atoms with E-state index in [4.69, 9.17) is 0 Å². The van der Waals surface area contributed by atoms with E-state index in [1.165, 1.54) is 73.4 Å². The molecule has 0 saturated carbocycles. The van der Waals surface area contributed by atoms with Crippen molar-refractivity contribution in [3.05, 3.63) is 140 Å². The fourth-order valence-corrected chi connectivity index (χ4v) is 10.4. The highest BCUT2D eigenvalue weighted by atomic mass is 32.1. The average molecular weight is 706 g/mol. The first-order valence-corrected chi connectivity index (χ1v) is 19.7. The lowest BCUT2D eigenvalue weighted by Gasteiger charge is -2.23. The summed E-state index contributed by atoms with van der Waals surface area (Å²) in [5, 5.41) is 20.4. The topological polar surface area (TPSA) is 50.8 Å². The molecule has 0 saturated heterocycles. The van der Waals surface area contributed by atoms with Crippen LogP contribution in [0.1, 0.15) is 72.9 Å². The molecule has 4 heterocycles. The van der Waals surface area contributed by atoms with E-state index >= 15 is 0 Å². The largest absolute Gasteiger partial charge is 0.347 e. The molecule has 3 nitrogen and oxygen atoms in total. The lowest BCUT2D eigenvalue weighted by molar-refractivity contribution is 0.640. The van der Waals surface area contributed by atoms with Gasteiger partial charge in [0.25, 0.3) is 0 Å². The van der Waals surface area contributed by atoms with Crippen molar-refractivity contribution in [2.24, 2.45) is 0 Å². The summed E-state index contributed by atoms with van der Waals surface area (Å²) < 4.78 is 0. The maximum absolute atomic E-state index is 10.2. The first kappa shape index (κ1) is 33.8. The summed E-state index contributed by atoms with van der Waals surface area (Å²) in [5.74, 6) is 0. The van der Waals surface area contributed by atoms with Crippen molar-refractivity contribution >= 4 is 56.9 Å². The summed E-state index contributed by atoms with van der Waals surface area (Å²) in [7, 11) is 2.11. The minimum Gasteiger partial charge on any atom is -0.347 e. The average Bonchev–Trinajstić information content (AvgIpc) is 3.96. The SMILES string of the molecule is CCCCCCc1ccc(-c2ccc(-c3ccc(/C=C4/C(=C(C#N)C#N)/C(=C/C=C5/N(C)c6ccccc6C5(C)C)c5ccccc54)s3)s2)s1. The van der Waals surface area contributed by atoms with E-state index in [9.17, 15) is 10.5 Å². The van der Waals surface area contributed by atoms with Crippen LogP contribution >= 0.6 is 34.0 Å². The number of hydrogen-bond donors (Lipinski definition) is 0. The highest BCUT2D eigenvalue weighted by Gasteiger charge is 2.38. The number of likely N-dealkylation sites (N-methyl/N-ethyl adjacent to an activating group) is 1. The summed E-state index contributed by atoms with van der Waals surface area (Å²) in [4.78, 5) is 9.93. The van der Waals surface area contributed by atoms with Crippen molar-refractivity contribution in [1.29, 1.82) is 10.5 Å². The predicted octanol–water partition coefficient (Wildman–Crippen LogP) is 12.9. The maximum Gasteiger partial charge on any atom is 0.138 e. The number of anilines is 1. The summed E-state index contributed by atoms with van der Waals surface area (Å²) in [6, 6.07) is 34.6. The monoisotopic (exact) mass is 705 g/mol. The van der Waals surface area contributed by atoms with E-state index in [1.54, 1.807) is 11.3 Å². The summed E-state index contributed by atoms with van der Waals surface area (Å²) in [6.07, 6.45) is 12.8. The number of hydrogen-bond acceptors (Lipinski definition) is 6. The van der Waals surface area contributed by atoms with Crippen LogP contribution in [0.25, 0.3) is 36.7 Å². The Bertz CT molecular complexity index is 2270. The van der Waals surface area contributed by atoms with Gasteiger partial charge in [-0.05, 0) is 95.3 Å². The van der Waals surface area contributed by atoms with Gasteiger partial charge < -0.3 is 4.90 Å². The number of nitriles is 2. The Morgan fingerprint density at radius 3 is 2.08 bits per heavy atom. The second-order valence-electron chi connectivity index (χ2n) is 13.4. The first-order valence-electron chi connectivity index (χ1n) is 17.3. The van der Waals surface area contributed by atoms with Crippen LogP contribution < -0.4 is 4.90 Å². The standard InChI is InChI=1S/C44H39N3S3/c1-5-6-7-8-13-30-18-21-38(48-30)40-23-24-41(50-40)39-22-19-31(49-39)26-35-33-15-10-9-14-32(33)34(43(35)29(27-45)28-46)20-25-42-44(2,3)36-16-11-12-17-37(36)47(42)4/h9-12,14-26H,5-8,13H2,1-4H3/b34-20+,35-26+,42-25+. The molecule has 2 aliphatic rings. The van der Waals surface area contributed by atoms with Crippen molar-refractivity contribution in [1.82, 2.24) is 0 Å². The molecule has 248 valence electrons. The van der Waals surface area contributed by atoms with Crippen LogP contribution in [0.15, 0.2) is 114 Å². The first-order chi connectivity index (χ1) is 24.3. The van der Waals surface area contributed by atoms with E-state index in [2.05, 4.69) is 136 Å². The normalized spacial score (nSPS) is 17.0. The van der Waals surface area contributed by atoms with E-state index in [0.29, 0.717) is 5.57 Å². The van der Waals surface area contributed by atoms with Gasteiger partial charge in [-0.25, -0.2) is 0 Å². The molecular weight excluding hydrogens is 667 g/mol. The van der Waals surface area contributed by atoms with Crippen molar-refractivity contribution < 1.29 is 0 Å². The molecule has 0 bridgehead atoms. The summed E-state index contributed by atoms with van der Waals surface area (Å²) >= 11 is 5.51. The molecule has 5 aromatic rings. The molecule has 1 aliphatic heterocycles. The molecule has 0 N–H and O–H groups in total. The van der Waals surface area contributed by atoms with Gasteiger partial charge in [-0.3, -0.25) is 0 Å². The highest BCUT2D eigenvalue weighted by molar-refractivity contribution is 7.26. The highest BCUT2D eigenvalue weighted by Crippen LogP contribution is 2.50. The summed E-state index contributed by atoms with van der Waals surface area (Å²) in [6.45, 7) is 6.76. The molecule has 2 aromatic carbocycles. The molecule has 7 rings (SSSR count). The number of thiophene rings is 3. The second kappa shape index (κ2) is 14.3. The third kappa shape index (κ3) is 6.25. The van der Waals surface area contributed by atoms with Crippen LogP contribution in [0.2, 0.25) is 0 Å². The van der Waals surface area contributed by atoms with Crippen LogP contribution in [-0.2, 0) is 11.8 Å². The van der Waals surface area contributed by atoms with Gasteiger partial charge in [0.05, 0.1) is 0 Å². The number of aryl methyl sites for hydroxylation is 1. The maximum atomic E-state index is 10.2. The minimum atomic E-state index is -0.189. The molecule has 0 fully saturated rings. The Morgan fingerprint density at radius 2 is 1.36 bits per heavy atom. The zero-order chi connectivity index (χ0) is 34.8. The van der Waals surface area contributed by atoms with E-state index in [0.717, 1.165) is 27.2 Å². The van der Waals surface area contributed by atoms with Gasteiger partial charge in [0.15, 0.2) is 0 Å². The number of allylic oxidation sites excluding steroid dienone is 7. The number of rotatable bonds is 9. The lowest BCUT2D eigenvalue weighted by atomic mass is 9.83. The van der Waals surface area contributed by atoms with Crippen molar-refractivity contribution in [2.45, 2.75) is 58.3 Å². The van der Waals surface area contributed by atoms with Crippen molar-refractivity contribution in [3.8, 4) is 31.6 Å². The quantitative estimate of drug-likeness (QED) is 0.113. The zero-order valence-electron chi connectivity index (χ0n) is 28.9. The van der Waals surface area contributed by atoms with Crippen LogP contribution in [0.4, 0.5) is 5.69 Å². The Labute approximate surface area is 308 Å². The molecule has 0 radical (unpaired) electrons. The van der Waals surface area contributed by atoms with Gasteiger partial charge in [-0.15, -0.1) is 34.0 Å². The van der Waals surface area contributed by atoms with Gasteiger partial charge in [0.1, 0.15) is 17.7 Å². The molecule has 0 atom stereocenters. The smallest absolute Gasteiger partial charge is 0.138 e. The zero-order valence-corrected chi connectivity index (χ0v) is 31.4. The van der Waals surface area contributed by atoms with Gasteiger partial charge in [0.2, 0.25) is 0 Å². The predicted molar refractivity (Wildman–Crippen MR) is 215 cm³/mol. The van der Waals surface area contributed by atoms with Crippen molar-refractivity contribution in [2.75, 3.05) is 11.9 Å². The number of para-hydroxylation sites is 1. The van der Waals surface area contributed by atoms with Gasteiger partial charge in [-0.2, -0.15) is 10.5 Å². The second-order valence-corrected chi connectivity index (χ2v) is 16.7. The van der Waals surface area contributed by atoms with Gasteiger partial charge >= 0.3 is 0 Å². The lowest BCUT2D eigenvalue weighted by Crippen LogP contribution is -2.22. The molecular formula is C44H39N3S3. The Hall–Kier alpha value is -4.72. The molecule has 50 heavy (non-hydrogen) atoms. The third-order valence-corrected chi connectivity index (χ3v) is 13.5. The molecule has 0 spiro atoms. The third-order valence-electron chi connectivity index (χ3n) is 9.81. The fraction of sp³-hybridized carbons (Fsp3) is 0.227.